The molecule has 134 valence electrons. The Morgan fingerprint density at radius 1 is 1.37 bits per heavy atom. The van der Waals surface area contributed by atoms with E-state index in [1.165, 1.54) is 30.6 Å². The lowest BCUT2D eigenvalue weighted by atomic mass is 9.98. The van der Waals surface area contributed by atoms with Gasteiger partial charge in [-0.25, -0.2) is 9.37 Å². The second-order valence-electron chi connectivity index (χ2n) is 6.00. The first-order valence-corrected chi connectivity index (χ1v) is 8.27. The number of nitriles is 1. The summed E-state index contributed by atoms with van der Waals surface area (Å²) >= 11 is 0. The molecule has 1 aliphatic heterocycles. The quantitative estimate of drug-likeness (QED) is 0.727. The Kier molecular flexibility index (Phi) is 4.22. The van der Waals surface area contributed by atoms with Crippen molar-refractivity contribution >= 4 is 11.8 Å². The first-order chi connectivity index (χ1) is 13.2. The van der Waals surface area contributed by atoms with Crippen LogP contribution in [0.25, 0.3) is 6.08 Å². The highest BCUT2D eigenvalue weighted by atomic mass is 19.1. The smallest absolute Gasteiger partial charge is 0.186 e. The molecule has 4 heterocycles. The Hall–Kier alpha value is -3.80. The Morgan fingerprint density at radius 3 is 3.07 bits per heavy atom. The zero-order valence-electron chi connectivity index (χ0n) is 14.2. The molecule has 1 aliphatic rings. The zero-order chi connectivity index (χ0) is 18.8. The van der Waals surface area contributed by atoms with Crippen LogP contribution in [0.15, 0.2) is 42.6 Å². The standard InChI is InChI=1S/C18H15FN8/c19-11-2-1-5-22-14(11)8-12(21)18-17-13(23-10-24-17)4-7-27(18)16-3-6-25-26-15(16)9-20/h1-3,5-6,8,10,18H,4,7,21H2,(H,23,24)/b12-8-/t18-/m1/s1. The summed E-state index contributed by atoms with van der Waals surface area (Å²) in [5.74, 6) is -0.464. The molecule has 0 radical (unpaired) electrons. The van der Waals surface area contributed by atoms with Crippen molar-refractivity contribution in [1.82, 2.24) is 25.1 Å². The van der Waals surface area contributed by atoms with Gasteiger partial charge in [0.05, 0.1) is 23.9 Å². The van der Waals surface area contributed by atoms with Gasteiger partial charge in [0.2, 0.25) is 0 Å². The van der Waals surface area contributed by atoms with E-state index in [1.54, 1.807) is 12.4 Å². The molecule has 3 aromatic heterocycles. The van der Waals surface area contributed by atoms with E-state index in [2.05, 4.69) is 31.2 Å². The van der Waals surface area contributed by atoms with Crippen LogP contribution in [0.2, 0.25) is 0 Å². The first kappa shape index (κ1) is 16.7. The number of anilines is 1. The lowest BCUT2D eigenvalue weighted by Crippen LogP contribution is -2.39. The maximum atomic E-state index is 14.0. The van der Waals surface area contributed by atoms with Gasteiger partial charge in [0.15, 0.2) is 5.69 Å². The molecule has 9 heteroatoms. The van der Waals surface area contributed by atoms with Gasteiger partial charge < -0.3 is 15.6 Å². The lowest BCUT2D eigenvalue weighted by Gasteiger charge is -2.37. The van der Waals surface area contributed by atoms with Crippen LogP contribution in [0, 0.1) is 17.1 Å². The highest BCUT2D eigenvalue weighted by molar-refractivity contribution is 5.62. The predicted molar refractivity (Wildman–Crippen MR) is 95.5 cm³/mol. The van der Waals surface area contributed by atoms with Crippen LogP contribution < -0.4 is 10.6 Å². The molecule has 0 amide bonds. The van der Waals surface area contributed by atoms with E-state index in [9.17, 15) is 9.65 Å². The van der Waals surface area contributed by atoms with Crippen LogP contribution in [-0.4, -0.2) is 31.7 Å². The number of nitrogens with one attached hydrogen (secondary N) is 1. The van der Waals surface area contributed by atoms with E-state index in [1.807, 2.05) is 4.90 Å². The molecule has 0 aliphatic carbocycles. The van der Waals surface area contributed by atoms with Gasteiger partial charge in [0.25, 0.3) is 0 Å². The largest absolute Gasteiger partial charge is 0.400 e. The van der Waals surface area contributed by atoms with Crippen LogP contribution in [0.1, 0.15) is 28.8 Å². The van der Waals surface area contributed by atoms with Gasteiger partial charge in [0, 0.05) is 30.6 Å². The number of hydrogen-bond acceptors (Lipinski definition) is 7. The van der Waals surface area contributed by atoms with Gasteiger partial charge >= 0.3 is 0 Å². The number of nitrogens with two attached hydrogens (primary N) is 1. The number of rotatable bonds is 3. The van der Waals surface area contributed by atoms with Crippen LogP contribution >= 0.6 is 0 Å². The van der Waals surface area contributed by atoms with E-state index >= 15 is 0 Å². The molecule has 0 spiro atoms. The fourth-order valence-electron chi connectivity index (χ4n) is 3.25. The normalized spacial score (nSPS) is 16.7. The molecule has 1 atom stereocenters. The third-order valence-corrected chi connectivity index (χ3v) is 4.45. The summed E-state index contributed by atoms with van der Waals surface area (Å²) in [5.41, 5.74) is 9.37. The summed E-state index contributed by atoms with van der Waals surface area (Å²) in [6.07, 6.45) is 6.82. The molecule has 0 fully saturated rings. The third kappa shape index (κ3) is 2.97. The number of hydrogen-bond donors (Lipinski definition) is 2. The highest BCUT2D eigenvalue weighted by Crippen LogP contribution is 2.36. The van der Waals surface area contributed by atoms with Crippen LogP contribution in [-0.2, 0) is 6.42 Å². The Bertz CT molecular complexity index is 1050. The molecule has 4 rings (SSSR count). The first-order valence-electron chi connectivity index (χ1n) is 8.27. The van der Waals surface area contributed by atoms with Gasteiger partial charge in [-0.2, -0.15) is 10.4 Å². The number of aromatic amines is 1. The Morgan fingerprint density at radius 2 is 2.26 bits per heavy atom. The van der Waals surface area contributed by atoms with Crippen LogP contribution in [0.3, 0.4) is 0 Å². The Balaban J connectivity index is 1.83. The van der Waals surface area contributed by atoms with Crippen molar-refractivity contribution in [3.63, 3.8) is 0 Å². The summed E-state index contributed by atoms with van der Waals surface area (Å²) in [6, 6.07) is 6.12. The third-order valence-electron chi connectivity index (χ3n) is 4.45. The van der Waals surface area contributed by atoms with Gasteiger partial charge in [-0.3, -0.25) is 4.98 Å². The summed E-state index contributed by atoms with van der Waals surface area (Å²) in [6.45, 7) is 0.583. The number of halogens is 1. The maximum Gasteiger partial charge on any atom is 0.186 e. The van der Waals surface area contributed by atoms with Crippen LogP contribution in [0.4, 0.5) is 10.1 Å². The average molecular weight is 362 g/mol. The number of nitrogens with zero attached hydrogens (tertiary/aromatic N) is 6. The average Bonchev–Trinajstić information content (AvgIpc) is 3.17. The van der Waals surface area contributed by atoms with E-state index in [4.69, 9.17) is 5.73 Å². The van der Waals surface area contributed by atoms with Crippen molar-refractivity contribution in [3.05, 3.63) is 71.2 Å². The van der Waals surface area contributed by atoms with E-state index in [-0.39, 0.29) is 11.4 Å². The monoisotopic (exact) mass is 362 g/mol. The number of pyridine rings is 1. The maximum absolute atomic E-state index is 14.0. The number of imidazole rings is 1. The topological polar surface area (TPSA) is 120 Å². The molecule has 0 aromatic carbocycles. The SMILES string of the molecule is N#Cc1nnccc1N1CCc2[nH]cnc2[C@H]1/C(N)=C/c1ncccc1F. The predicted octanol–water partition coefficient (Wildman–Crippen LogP) is 1.71. The molecule has 8 nitrogen and oxygen atoms in total. The van der Waals surface area contributed by atoms with Crippen molar-refractivity contribution in [2.45, 2.75) is 12.5 Å². The van der Waals surface area contributed by atoms with Crippen molar-refractivity contribution in [2.75, 3.05) is 11.4 Å². The summed E-state index contributed by atoms with van der Waals surface area (Å²) in [7, 11) is 0. The molecule has 0 bridgehead atoms. The minimum Gasteiger partial charge on any atom is -0.400 e. The summed E-state index contributed by atoms with van der Waals surface area (Å²) < 4.78 is 14.0. The second kappa shape index (κ2) is 6.84. The van der Waals surface area contributed by atoms with Crippen molar-refractivity contribution in [1.29, 1.82) is 5.26 Å². The molecule has 0 saturated heterocycles. The van der Waals surface area contributed by atoms with E-state index in [0.29, 0.717) is 24.4 Å². The number of fused-ring (bicyclic) bond motifs is 1. The van der Waals surface area contributed by atoms with E-state index < -0.39 is 11.9 Å². The molecule has 0 unspecified atom stereocenters. The lowest BCUT2D eigenvalue weighted by molar-refractivity contribution is 0.612. The molecule has 27 heavy (non-hydrogen) atoms. The minimum atomic E-state index is -0.488. The molecular weight excluding hydrogens is 347 g/mol. The van der Waals surface area contributed by atoms with Crippen molar-refractivity contribution < 1.29 is 4.39 Å². The van der Waals surface area contributed by atoms with Gasteiger partial charge in [0.1, 0.15) is 23.6 Å². The van der Waals surface area contributed by atoms with Crippen molar-refractivity contribution in [3.8, 4) is 6.07 Å². The summed E-state index contributed by atoms with van der Waals surface area (Å²) in [5, 5.41) is 17.1. The highest BCUT2D eigenvalue weighted by Gasteiger charge is 2.33. The molecule has 3 N–H and O–H groups in total. The van der Waals surface area contributed by atoms with Crippen molar-refractivity contribution in [2.24, 2.45) is 5.73 Å². The Labute approximate surface area is 154 Å². The molecular formula is C18H15FN8. The number of aromatic nitrogens is 5. The zero-order valence-corrected chi connectivity index (χ0v) is 14.2. The number of H-pyrrole nitrogens is 1. The summed E-state index contributed by atoms with van der Waals surface area (Å²) in [4.78, 5) is 13.5. The minimum absolute atomic E-state index is 0.144. The van der Waals surface area contributed by atoms with Gasteiger partial charge in [-0.15, -0.1) is 5.10 Å². The fourth-order valence-corrected chi connectivity index (χ4v) is 3.25. The van der Waals surface area contributed by atoms with E-state index in [0.717, 1.165) is 11.4 Å². The molecule has 0 saturated carbocycles. The second-order valence-corrected chi connectivity index (χ2v) is 6.00. The van der Waals surface area contributed by atoms with Gasteiger partial charge in [-0.05, 0) is 24.3 Å². The van der Waals surface area contributed by atoms with Gasteiger partial charge in [-0.1, -0.05) is 0 Å². The molecule has 3 aromatic rings. The van der Waals surface area contributed by atoms with Crippen LogP contribution in [0.5, 0.6) is 0 Å². The fraction of sp³-hybridized carbons (Fsp3) is 0.167.